The first-order valence-corrected chi connectivity index (χ1v) is 13.4. The minimum atomic E-state index is -5.51. The van der Waals surface area contributed by atoms with Gasteiger partial charge in [-0.15, -0.1) is 0 Å². The van der Waals surface area contributed by atoms with Gasteiger partial charge in [-0.25, -0.2) is 13.7 Å². The van der Waals surface area contributed by atoms with Crippen LogP contribution >= 0.6 is 23.5 Å². The Bertz CT molecular complexity index is 730. The number of phosphoric ester groups is 1. The quantitative estimate of drug-likeness (QED) is 0.227. The summed E-state index contributed by atoms with van der Waals surface area (Å²) in [4.78, 5) is 35.5. The Kier molecular flexibility index (Phi) is 10.6. The fraction of sp³-hybridized carbons (Fsp3) is 0.600. The van der Waals surface area contributed by atoms with Gasteiger partial charge < -0.3 is 19.2 Å². The van der Waals surface area contributed by atoms with Crippen LogP contribution in [0, 0.1) is 0 Å². The summed E-state index contributed by atoms with van der Waals surface area (Å²) in [5.74, 6) is -0.120. The summed E-state index contributed by atoms with van der Waals surface area (Å²) in [7, 11) is -16.1. The van der Waals surface area contributed by atoms with Crippen LogP contribution < -0.4 is 4.52 Å². The average Bonchev–Trinajstić information content (AvgIpc) is 2.51. The smallest absolute Gasteiger partial charge is 0.404 e. The number of hydrogen-bond acceptors (Lipinski definition) is 6. The zero-order chi connectivity index (χ0) is 21.3. The molecule has 10 nitrogen and oxygen atoms in total. The van der Waals surface area contributed by atoms with Crippen molar-refractivity contribution in [1.29, 1.82) is 0 Å². The maximum absolute atomic E-state index is 11.7. The van der Waals surface area contributed by atoms with Gasteiger partial charge in [-0.3, -0.25) is 4.89 Å². The van der Waals surface area contributed by atoms with Gasteiger partial charge in [0.15, 0.2) is 0 Å². The van der Waals surface area contributed by atoms with Crippen molar-refractivity contribution < 1.29 is 46.4 Å². The molecule has 0 aliphatic carbocycles. The highest BCUT2D eigenvalue weighted by atomic mass is 31.3. The molecule has 1 aromatic rings. The highest BCUT2D eigenvalue weighted by Crippen LogP contribution is 2.66. The van der Waals surface area contributed by atoms with E-state index in [0.717, 1.165) is 24.8 Å². The molecule has 13 heteroatoms. The van der Waals surface area contributed by atoms with E-state index < -0.39 is 23.5 Å². The highest BCUT2D eigenvalue weighted by molar-refractivity contribution is 7.66. The van der Waals surface area contributed by atoms with Crippen molar-refractivity contribution in [2.45, 2.75) is 58.3 Å². The standard InChI is InChI=1S/C15H27O10P3/c1-2-3-4-5-6-7-8-9-14-10-12-15(13-11-14)23-27(19,20)25-28(21,22)24-26(16,17)18/h10-13H,2-9H2,1H3,(H,19,20)(H,21,22)(H2,16,17,18). The lowest BCUT2D eigenvalue weighted by Crippen LogP contribution is -1.98. The SMILES string of the molecule is CCCCCCCCCc1ccc(OP(=O)(O)OP(=O)(O)OP(=O)(O)O)cc1. The van der Waals surface area contributed by atoms with Gasteiger partial charge in [0.1, 0.15) is 5.75 Å². The molecule has 162 valence electrons. The fourth-order valence-electron chi connectivity index (χ4n) is 2.43. The van der Waals surface area contributed by atoms with E-state index in [2.05, 4.69) is 20.1 Å². The lowest BCUT2D eigenvalue weighted by molar-refractivity contribution is 0.207. The van der Waals surface area contributed by atoms with Crippen LogP contribution in [0.2, 0.25) is 0 Å². The summed E-state index contributed by atoms with van der Waals surface area (Å²) in [6.45, 7) is 2.17. The summed E-state index contributed by atoms with van der Waals surface area (Å²) < 4.78 is 45.5. The molecule has 0 saturated heterocycles. The largest absolute Gasteiger partial charge is 0.536 e. The Hall–Kier alpha value is -0.530. The minimum Gasteiger partial charge on any atom is -0.404 e. The number of phosphoric acid groups is 3. The molecule has 0 fully saturated rings. The van der Waals surface area contributed by atoms with Crippen molar-refractivity contribution in [3.05, 3.63) is 29.8 Å². The molecular weight excluding hydrogens is 433 g/mol. The van der Waals surface area contributed by atoms with Gasteiger partial charge in [0, 0.05) is 0 Å². The number of unbranched alkanes of at least 4 members (excludes halogenated alkanes) is 6. The van der Waals surface area contributed by atoms with Gasteiger partial charge >= 0.3 is 23.5 Å². The van der Waals surface area contributed by atoms with Crippen molar-refractivity contribution in [3.63, 3.8) is 0 Å². The van der Waals surface area contributed by atoms with E-state index in [9.17, 15) is 18.6 Å². The number of rotatable bonds is 14. The fourth-order valence-corrected chi connectivity index (χ4v) is 5.46. The Morgan fingerprint density at radius 1 is 0.750 bits per heavy atom. The first kappa shape index (κ1) is 25.5. The maximum Gasteiger partial charge on any atom is 0.536 e. The van der Waals surface area contributed by atoms with Gasteiger partial charge in [0.25, 0.3) is 0 Å². The number of aryl methyl sites for hydroxylation is 1. The van der Waals surface area contributed by atoms with Crippen molar-refractivity contribution in [2.75, 3.05) is 0 Å². The second-order valence-electron chi connectivity index (χ2n) is 6.20. The van der Waals surface area contributed by atoms with Crippen molar-refractivity contribution in [1.82, 2.24) is 0 Å². The third kappa shape index (κ3) is 12.1. The molecule has 1 aromatic carbocycles. The topological polar surface area (TPSA) is 160 Å². The average molecular weight is 460 g/mol. The second-order valence-corrected chi connectivity index (χ2v) is 10.5. The summed E-state index contributed by atoms with van der Waals surface area (Å²) in [5.41, 5.74) is 0.993. The van der Waals surface area contributed by atoms with Gasteiger partial charge in [0.2, 0.25) is 0 Å². The van der Waals surface area contributed by atoms with Crippen LogP contribution in [0.4, 0.5) is 0 Å². The molecule has 0 aliphatic rings. The molecule has 0 heterocycles. The van der Waals surface area contributed by atoms with Crippen molar-refractivity contribution in [3.8, 4) is 5.75 Å². The predicted molar refractivity (Wildman–Crippen MR) is 103 cm³/mol. The van der Waals surface area contributed by atoms with E-state index in [0.29, 0.717) is 0 Å². The minimum absolute atomic E-state index is 0.120. The molecule has 0 amide bonds. The molecule has 0 aliphatic heterocycles. The Balaban J connectivity index is 2.47. The molecule has 28 heavy (non-hydrogen) atoms. The normalized spacial score (nSPS) is 16.3. The van der Waals surface area contributed by atoms with E-state index in [-0.39, 0.29) is 5.75 Å². The highest BCUT2D eigenvalue weighted by Gasteiger charge is 2.41. The van der Waals surface area contributed by atoms with Gasteiger partial charge in [-0.05, 0) is 30.5 Å². The van der Waals surface area contributed by atoms with Crippen molar-refractivity contribution in [2.24, 2.45) is 0 Å². The van der Waals surface area contributed by atoms with E-state index >= 15 is 0 Å². The number of benzene rings is 1. The van der Waals surface area contributed by atoms with E-state index in [4.69, 9.17) is 14.7 Å². The zero-order valence-electron chi connectivity index (χ0n) is 15.5. The van der Waals surface area contributed by atoms with Gasteiger partial charge in [-0.2, -0.15) is 8.62 Å². The molecule has 0 saturated carbocycles. The molecule has 0 spiro atoms. The maximum atomic E-state index is 11.7. The lowest BCUT2D eigenvalue weighted by atomic mass is 10.0. The van der Waals surface area contributed by atoms with Crippen LogP contribution in [0.25, 0.3) is 0 Å². The first-order valence-electron chi connectivity index (χ1n) is 8.85. The van der Waals surface area contributed by atoms with Gasteiger partial charge in [-0.1, -0.05) is 57.6 Å². The molecule has 2 unspecified atom stereocenters. The molecule has 2 atom stereocenters. The molecule has 0 aromatic heterocycles. The molecule has 1 rings (SSSR count). The predicted octanol–water partition coefficient (Wildman–Crippen LogP) is 4.69. The first-order chi connectivity index (χ1) is 12.9. The third-order valence-corrected chi connectivity index (χ3v) is 7.40. The lowest BCUT2D eigenvalue weighted by Gasteiger charge is -2.16. The van der Waals surface area contributed by atoms with E-state index in [1.165, 1.54) is 44.2 Å². The van der Waals surface area contributed by atoms with E-state index in [1.807, 2.05) is 0 Å². The Morgan fingerprint density at radius 2 is 1.29 bits per heavy atom. The summed E-state index contributed by atoms with van der Waals surface area (Å²) in [6.07, 6.45) is 9.12. The summed E-state index contributed by atoms with van der Waals surface area (Å²) in [5, 5.41) is 0. The van der Waals surface area contributed by atoms with Crippen LogP contribution in [0.1, 0.15) is 57.4 Å². The van der Waals surface area contributed by atoms with Crippen LogP contribution in [0.5, 0.6) is 5.75 Å². The van der Waals surface area contributed by atoms with Crippen molar-refractivity contribution >= 4 is 23.5 Å². The van der Waals surface area contributed by atoms with Crippen LogP contribution in [0.3, 0.4) is 0 Å². The van der Waals surface area contributed by atoms with E-state index in [1.54, 1.807) is 12.1 Å². The van der Waals surface area contributed by atoms with Crippen LogP contribution in [-0.2, 0) is 28.7 Å². The summed E-state index contributed by atoms with van der Waals surface area (Å²) in [6, 6.07) is 6.12. The number of hydrogen-bond donors (Lipinski definition) is 4. The Morgan fingerprint density at radius 3 is 1.82 bits per heavy atom. The summed E-state index contributed by atoms with van der Waals surface area (Å²) >= 11 is 0. The second kappa shape index (κ2) is 11.6. The zero-order valence-corrected chi connectivity index (χ0v) is 18.2. The van der Waals surface area contributed by atoms with Crippen LogP contribution in [0.15, 0.2) is 24.3 Å². The van der Waals surface area contributed by atoms with Crippen LogP contribution in [-0.4, -0.2) is 19.6 Å². The monoisotopic (exact) mass is 460 g/mol. The van der Waals surface area contributed by atoms with Gasteiger partial charge in [0.05, 0.1) is 0 Å². The third-order valence-electron chi connectivity index (χ3n) is 3.63. The Labute approximate surface area is 164 Å². The molecular formula is C15H27O10P3. The molecule has 0 radical (unpaired) electrons. The molecule has 4 N–H and O–H groups in total. The molecule has 0 bridgehead atoms.